The number of phenols is 1. The largest absolute Gasteiger partial charge is 0.508 e. The molecule has 0 radical (unpaired) electrons. The second kappa shape index (κ2) is 11.7. The summed E-state index contributed by atoms with van der Waals surface area (Å²) in [6.07, 6.45) is 13.1. The molecule has 1 rings (SSSR count). The third-order valence-corrected chi connectivity index (χ3v) is 3.98. The molecule has 0 amide bonds. The second-order valence-electron chi connectivity index (χ2n) is 5.65. The molecule has 120 valence electrons. The summed E-state index contributed by atoms with van der Waals surface area (Å²) >= 11 is 5.99. The van der Waals surface area contributed by atoms with E-state index in [-0.39, 0.29) is 5.75 Å². The molecular weight excluding hydrogens is 284 g/mol. The van der Waals surface area contributed by atoms with Gasteiger partial charge < -0.3 is 9.84 Å². The normalized spacial score (nSPS) is 10.8. The lowest BCUT2D eigenvalue weighted by Crippen LogP contribution is -1.97. The maximum Gasteiger partial charge on any atom is 0.141 e. The smallest absolute Gasteiger partial charge is 0.141 e. The Kier molecular flexibility index (Phi) is 10.1. The monoisotopic (exact) mass is 312 g/mol. The van der Waals surface area contributed by atoms with Crippen molar-refractivity contribution >= 4 is 11.6 Å². The Labute approximate surface area is 134 Å². The van der Waals surface area contributed by atoms with E-state index < -0.39 is 0 Å². The lowest BCUT2D eigenvalue weighted by molar-refractivity contribution is 0.303. The molecule has 0 aromatic heterocycles. The molecule has 0 atom stereocenters. The van der Waals surface area contributed by atoms with Gasteiger partial charge in [-0.1, -0.05) is 76.3 Å². The van der Waals surface area contributed by atoms with Gasteiger partial charge >= 0.3 is 0 Å². The summed E-state index contributed by atoms with van der Waals surface area (Å²) in [5, 5.41) is 9.93. The molecule has 0 unspecified atom stereocenters. The molecule has 1 N–H and O–H groups in total. The van der Waals surface area contributed by atoms with Gasteiger partial charge in [0.05, 0.1) is 11.6 Å². The fourth-order valence-electron chi connectivity index (χ4n) is 2.37. The molecule has 1 aromatic carbocycles. The Hall–Kier alpha value is -0.890. The third kappa shape index (κ3) is 8.87. The van der Waals surface area contributed by atoms with E-state index in [0.29, 0.717) is 17.4 Å². The summed E-state index contributed by atoms with van der Waals surface area (Å²) in [6, 6.07) is 4.79. The minimum absolute atomic E-state index is 0.192. The van der Waals surface area contributed by atoms with Crippen molar-refractivity contribution in [3.8, 4) is 11.5 Å². The molecule has 0 aliphatic carbocycles. The highest BCUT2D eigenvalue weighted by molar-refractivity contribution is 6.32. The van der Waals surface area contributed by atoms with Gasteiger partial charge in [-0.3, -0.25) is 0 Å². The number of hydrogen-bond acceptors (Lipinski definition) is 2. The Balaban J connectivity index is 1.94. The zero-order valence-corrected chi connectivity index (χ0v) is 14.0. The van der Waals surface area contributed by atoms with E-state index in [9.17, 15) is 5.11 Å². The third-order valence-electron chi connectivity index (χ3n) is 3.67. The van der Waals surface area contributed by atoms with Crippen LogP contribution in [-0.4, -0.2) is 11.7 Å². The number of phenolic OH excluding ortho intramolecular Hbond substituents is 1. The summed E-state index contributed by atoms with van der Waals surface area (Å²) in [6.45, 7) is 2.92. The predicted molar refractivity (Wildman–Crippen MR) is 90.5 cm³/mol. The van der Waals surface area contributed by atoms with Gasteiger partial charge in [-0.05, 0) is 18.6 Å². The lowest BCUT2D eigenvalue weighted by atomic mass is 10.1. The molecule has 0 saturated heterocycles. The molecule has 0 spiro atoms. The van der Waals surface area contributed by atoms with Crippen molar-refractivity contribution in [2.45, 2.75) is 71.1 Å². The number of halogens is 1. The number of rotatable bonds is 12. The van der Waals surface area contributed by atoms with Crippen molar-refractivity contribution in [3.63, 3.8) is 0 Å². The standard InChI is InChI=1S/C18H29ClO2/c1-2-3-4-5-6-7-8-9-10-11-14-21-18-15-16(20)12-13-17(18)19/h12-13,15,20H,2-11,14H2,1H3. The van der Waals surface area contributed by atoms with E-state index >= 15 is 0 Å². The number of aromatic hydroxyl groups is 1. The molecule has 2 nitrogen and oxygen atoms in total. The number of ether oxygens (including phenoxy) is 1. The highest BCUT2D eigenvalue weighted by atomic mass is 35.5. The number of hydrogen-bond donors (Lipinski definition) is 1. The maximum atomic E-state index is 9.38. The second-order valence-corrected chi connectivity index (χ2v) is 6.05. The predicted octanol–water partition coefficient (Wildman–Crippen LogP) is 6.35. The van der Waals surface area contributed by atoms with E-state index in [1.54, 1.807) is 18.2 Å². The van der Waals surface area contributed by atoms with Crippen molar-refractivity contribution < 1.29 is 9.84 Å². The summed E-state index contributed by atoms with van der Waals surface area (Å²) in [5.41, 5.74) is 0. The molecule has 0 heterocycles. The SMILES string of the molecule is CCCCCCCCCCCCOc1cc(O)ccc1Cl. The highest BCUT2D eigenvalue weighted by Gasteiger charge is 2.02. The van der Waals surface area contributed by atoms with Crippen LogP contribution >= 0.6 is 11.6 Å². The molecule has 1 aromatic rings. The van der Waals surface area contributed by atoms with Crippen LogP contribution in [-0.2, 0) is 0 Å². The Bertz CT molecular complexity index is 379. The van der Waals surface area contributed by atoms with Crippen LogP contribution in [0, 0.1) is 0 Å². The fraction of sp³-hybridized carbons (Fsp3) is 0.667. The quantitative estimate of drug-likeness (QED) is 0.456. The first-order valence-electron chi connectivity index (χ1n) is 8.35. The van der Waals surface area contributed by atoms with E-state index in [4.69, 9.17) is 16.3 Å². The molecule has 0 bridgehead atoms. The fourth-order valence-corrected chi connectivity index (χ4v) is 2.55. The van der Waals surface area contributed by atoms with Gasteiger partial charge in [0.2, 0.25) is 0 Å². The van der Waals surface area contributed by atoms with Gasteiger partial charge in [-0.25, -0.2) is 0 Å². The van der Waals surface area contributed by atoms with Crippen molar-refractivity contribution in [3.05, 3.63) is 23.2 Å². The van der Waals surface area contributed by atoms with E-state index in [1.807, 2.05) is 0 Å². The number of benzene rings is 1. The first-order valence-corrected chi connectivity index (χ1v) is 8.73. The molecule has 0 saturated carbocycles. The van der Waals surface area contributed by atoms with Gasteiger partial charge in [0.25, 0.3) is 0 Å². The Morgan fingerprint density at radius 3 is 2.10 bits per heavy atom. The van der Waals surface area contributed by atoms with Crippen LogP contribution in [0.1, 0.15) is 71.1 Å². The average molecular weight is 313 g/mol. The van der Waals surface area contributed by atoms with Crippen LogP contribution in [0.4, 0.5) is 0 Å². The van der Waals surface area contributed by atoms with Crippen molar-refractivity contribution in [1.82, 2.24) is 0 Å². The summed E-state index contributed by atoms with van der Waals surface area (Å²) in [7, 11) is 0. The van der Waals surface area contributed by atoms with E-state index in [0.717, 1.165) is 6.42 Å². The average Bonchev–Trinajstić information content (AvgIpc) is 2.48. The molecule has 0 fully saturated rings. The van der Waals surface area contributed by atoms with Gasteiger partial charge in [-0.15, -0.1) is 0 Å². The Morgan fingerprint density at radius 1 is 0.905 bits per heavy atom. The first-order chi connectivity index (χ1) is 10.2. The van der Waals surface area contributed by atoms with Crippen LogP contribution in [0.2, 0.25) is 5.02 Å². The molecule has 0 aliphatic heterocycles. The van der Waals surface area contributed by atoms with Crippen molar-refractivity contribution in [2.24, 2.45) is 0 Å². The number of unbranched alkanes of at least 4 members (excludes halogenated alkanes) is 9. The van der Waals surface area contributed by atoms with Crippen LogP contribution in [0.15, 0.2) is 18.2 Å². The minimum atomic E-state index is 0.192. The highest BCUT2D eigenvalue weighted by Crippen LogP contribution is 2.28. The molecule has 0 aliphatic rings. The summed E-state index contributed by atoms with van der Waals surface area (Å²) in [4.78, 5) is 0. The minimum Gasteiger partial charge on any atom is -0.508 e. The lowest BCUT2D eigenvalue weighted by Gasteiger charge is -2.08. The Morgan fingerprint density at radius 2 is 1.48 bits per heavy atom. The van der Waals surface area contributed by atoms with E-state index in [2.05, 4.69) is 6.92 Å². The molecule has 21 heavy (non-hydrogen) atoms. The van der Waals surface area contributed by atoms with Crippen molar-refractivity contribution in [2.75, 3.05) is 6.61 Å². The van der Waals surface area contributed by atoms with Crippen LogP contribution in [0.5, 0.6) is 11.5 Å². The zero-order valence-electron chi connectivity index (χ0n) is 13.2. The van der Waals surface area contributed by atoms with Gasteiger partial charge in [0.1, 0.15) is 11.5 Å². The van der Waals surface area contributed by atoms with Crippen molar-refractivity contribution in [1.29, 1.82) is 0 Å². The van der Waals surface area contributed by atoms with Crippen LogP contribution in [0.25, 0.3) is 0 Å². The topological polar surface area (TPSA) is 29.5 Å². The first kappa shape index (κ1) is 18.2. The maximum absolute atomic E-state index is 9.38. The van der Waals surface area contributed by atoms with E-state index in [1.165, 1.54) is 57.8 Å². The molecule has 3 heteroatoms. The van der Waals surface area contributed by atoms with Gasteiger partial charge in [0, 0.05) is 6.07 Å². The zero-order chi connectivity index (χ0) is 15.3. The summed E-state index contributed by atoms with van der Waals surface area (Å²) in [5.74, 6) is 0.769. The van der Waals surface area contributed by atoms with Crippen LogP contribution < -0.4 is 4.74 Å². The van der Waals surface area contributed by atoms with Crippen LogP contribution in [0.3, 0.4) is 0 Å². The molecular formula is C18H29ClO2. The van der Waals surface area contributed by atoms with Gasteiger partial charge in [-0.2, -0.15) is 0 Å². The summed E-state index contributed by atoms with van der Waals surface area (Å²) < 4.78 is 5.60. The van der Waals surface area contributed by atoms with Gasteiger partial charge in [0.15, 0.2) is 0 Å².